The lowest BCUT2D eigenvalue weighted by Crippen LogP contribution is -2.15. The molecule has 0 heterocycles. The van der Waals surface area contributed by atoms with Crippen LogP contribution in [0.4, 0.5) is 5.69 Å². The van der Waals surface area contributed by atoms with Gasteiger partial charge in [0.1, 0.15) is 0 Å². The second kappa shape index (κ2) is 3.67. The van der Waals surface area contributed by atoms with Crippen LogP contribution in [0.2, 0.25) is 0 Å². The molecule has 1 rings (SSSR count). The van der Waals surface area contributed by atoms with Gasteiger partial charge in [0.05, 0.1) is 0 Å². The fraction of sp³-hybridized carbons (Fsp3) is 0.333. The zero-order valence-electron chi connectivity index (χ0n) is 6.91. The fourth-order valence-electron chi connectivity index (χ4n) is 0.913. The molecule has 0 unspecified atom stereocenters. The smallest absolute Gasteiger partial charge is 0.0374 e. The minimum absolute atomic E-state index is 1.02. The summed E-state index contributed by atoms with van der Waals surface area (Å²) in [6.07, 6.45) is 0. The van der Waals surface area contributed by atoms with Gasteiger partial charge in [-0.3, -0.25) is 0 Å². The Balaban J connectivity index is 2.86. The lowest BCUT2D eigenvalue weighted by Gasteiger charge is -2.16. The summed E-state index contributed by atoms with van der Waals surface area (Å²) in [5.74, 6) is 0. The molecule has 0 N–H and O–H groups in total. The minimum atomic E-state index is 1.02. The Morgan fingerprint density at radius 2 is 2.18 bits per heavy atom. The molecule has 0 aliphatic heterocycles. The Kier molecular flexibility index (Phi) is 2.83. The van der Waals surface area contributed by atoms with E-state index in [4.69, 9.17) is 0 Å². The lowest BCUT2D eigenvalue weighted by molar-refractivity contribution is 0.965. The van der Waals surface area contributed by atoms with Crippen molar-refractivity contribution in [2.75, 3.05) is 18.5 Å². The summed E-state index contributed by atoms with van der Waals surface area (Å²) < 4.78 is 0. The zero-order valence-corrected chi connectivity index (χ0v) is 7.81. The number of nitrogens with zero attached hydrogens (tertiary/aromatic N) is 1. The van der Waals surface area contributed by atoms with E-state index in [1.165, 1.54) is 5.69 Å². The van der Waals surface area contributed by atoms with Gasteiger partial charge in [-0.1, -0.05) is 6.07 Å². The van der Waals surface area contributed by atoms with E-state index >= 15 is 0 Å². The molecule has 0 fully saturated rings. The van der Waals surface area contributed by atoms with Crippen LogP contribution in [-0.4, -0.2) is 13.6 Å². The molecule has 0 amide bonds. The van der Waals surface area contributed by atoms with Crippen LogP contribution in [-0.2, 0) is 0 Å². The van der Waals surface area contributed by atoms with Crippen LogP contribution in [0.15, 0.2) is 29.2 Å². The predicted molar refractivity (Wildman–Crippen MR) is 52.6 cm³/mol. The van der Waals surface area contributed by atoms with Crippen molar-refractivity contribution in [1.82, 2.24) is 0 Å². The van der Waals surface area contributed by atoms with Crippen LogP contribution in [0, 0.1) is 0 Å². The highest BCUT2D eigenvalue weighted by Crippen LogP contribution is 2.16. The first-order chi connectivity index (χ1) is 5.24. The fourth-order valence-corrected chi connectivity index (χ4v) is 1.13. The van der Waals surface area contributed by atoms with Crippen molar-refractivity contribution in [3.8, 4) is 0 Å². The lowest BCUT2D eigenvalue weighted by atomic mass is 10.3. The average Bonchev–Trinajstić information content (AvgIpc) is 2.03. The van der Waals surface area contributed by atoms with Gasteiger partial charge >= 0.3 is 0 Å². The SMILES string of the molecule is CCN(C)c1cccc(S)c1. The van der Waals surface area contributed by atoms with Crippen LogP contribution in [0.3, 0.4) is 0 Å². The maximum Gasteiger partial charge on any atom is 0.0374 e. The topological polar surface area (TPSA) is 3.24 Å². The van der Waals surface area contributed by atoms with Gasteiger partial charge in [0, 0.05) is 24.2 Å². The van der Waals surface area contributed by atoms with Gasteiger partial charge < -0.3 is 4.90 Å². The van der Waals surface area contributed by atoms with Crippen molar-refractivity contribution in [2.24, 2.45) is 0 Å². The highest BCUT2D eigenvalue weighted by molar-refractivity contribution is 7.80. The van der Waals surface area contributed by atoms with Gasteiger partial charge in [-0.15, -0.1) is 12.6 Å². The van der Waals surface area contributed by atoms with E-state index in [0.29, 0.717) is 0 Å². The van der Waals surface area contributed by atoms with Gasteiger partial charge in [-0.05, 0) is 25.1 Å². The molecule has 0 atom stereocenters. The van der Waals surface area contributed by atoms with Gasteiger partial charge in [-0.25, -0.2) is 0 Å². The summed E-state index contributed by atoms with van der Waals surface area (Å²) in [5.41, 5.74) is 1.22. The number of thiol groups is 1. The minimum Gasteiger partial charge on any atom is -0.375 e. The summed E-state index contributed by atoms with van der Waals surface area (Å²) in [6, 6.07) is 8.15. The van der Waals surface area contributed by atoms with Crippen molar-refractivity contribution in [3.05, 3.63) is 24.3 Å². The number of anilines is 1. The standard InChI is InChI=1S/C9H13NS/c1-3-10(2)8-5-4-6-9(11)7-8/h4-7,11H,3H2,1-2H3. The van der Waals surface area contributed by atoms with Crippen LogP contribution in [0.25, 0.3) is 0 Å². The Bertz CT molecular complexity index is 235. The van der Waals surface area contributed by atoms with Crippen LogP contribution >= 0.6 is 12.6 Å². The molecule has 0 aliphatic rings. The molecule has 1 nitrogen and oxygen atoms in total. The van der Waals surface area contributed by atoms with E-state index in [-0.39, 0.29) is 0 Å². The molecule has 0 saturated heterocycles. The van der Waals surface area contributed by atoms with Gasteiger partial charge in [-0.2, -0.15) is 0 Å². The summed E-state index contributed by atoms with van der Waals surface area (Å²) >= 11 is 4.26. The quantitative estimate of drug-likeness (QED) is 0.662. The molecular formula is C9H13NS. The average molecular weight is 167 g/mol. The monoisotopic (exact) mass is 167 g/mol. The first-order valence-corrected chi connectivity index (χ1v) is 4.19. The van der Waals surface area contributed by atoms with Gasteiger partial charge in [0.15, 0.2) is 0 Å². The van der Waals surface area contributed by atoms with E-state index in [1.807, 2.05) is 12.1 Å². The van der Waals surface area contributed by atoms with E-state index in [2.05, 4.69) is 43.6 Å². The van der Waals surface area contributed by atoms with Crippen molar-refractivity contribution >= 4 is 18.3 Å². The second-order valence-corrected chi connectivity index (χ2v) is 3.05. The van der Waals surface area contributed by atoms with E-state index < -0.39 is 0 Å². The number of rotatable bonds is 2. The Labute approximate surface area is 73.4 Å². The summed E-state index contributed by atoms with van der Waals surface area (Å²) in [4.78, 5) is 3.20. The third kappa shape index (κ3) is 2.15. The third-order valence-corrected chi connectivity index (χ3v) is 2.02. The Hall–Kier alpha value is -0.630. The molecule has 1 aromatic rings. The van der Waals surface area contributed by atoms with Crippen LogP contribution < -0.4 is 4.90 Å². The highest BCUT2D eigenvalue weighted by atomic mass is 32.1. The number of hydrogen-bond donors (Lipinski definition) is 1. The van der Waals surface area contributed by atoms with E-state index in [0.717, 1.165) is 11.4 Å². The van der Waals surface area contributed by atoms with Crippen molar-refractivity contribution in [2.45, 2.75) is 11.8 Å². The van der Waals surface area contributed by atoms with Crippen molar-refractivity contribution in [3.63, 3.8) is 0 Å². The van der Waals surface area contributed by atoms with Crippen LogP contribution in [0.1, 0.15) is 6.92 Å². The predicted octanol–water partition coefficient (Wildman–Crippen LogP) is 2.43. The molecule has 0 radical (unpaired) electrons. The molecule has 1 aromatic carbocycles. The van der Waals surface area contributed by atoms with Gasteiger partial charge in [0.25, 0.3) is 0 Å². The maximum absolute atomic E-state index is 4.26. The zero-order chi connectivity index (χ0) is 8.27. The summed E-state index contributed by atoms with van der Waals surface area (Å²) in [5, 5.41) is 0. The molecular weight excluding hydrogens is 154 g/mol. The molecule has 0 spiro atoms. The van der Waals surface area contributed by atoms with Gasteiger partial charge in [0.2, 0.25) is 0 Å². The first kappa shape index (κ1) is 8.47. The number of hydrogen-bond acceptors (Lipinski definition) is 2. The van der Waals surface area contributed by atoms with Crippen LogP contribution in [0.5, 0.6) is 0 Å². The molecule has 0 aliphatic carbocycles. The van der Waals surface area contributed by atoms with Crippen molar-refractivity contribution < 1.29 is 0 Å². The summed E-state index contributed by atoms with van der Waals surface area (Å²) in [7, 11) is 2.07. The first-order valence-electron chi connectivity index (χ1n) is 3.74. The molecule has 11 heavy (non-hydrogen) atoms. The molecule has 0 aromatic heterocycles. The third-order valence-electron chi connectivity index (χ3n) is 1.74. The normalized spacial score (nSPS) is 9.73. The van der Waals surface area contributed by atoms with E-state index in [1.54, 1.807) is 0 Å². The molecule has 60 valence electrons. The second-order valence-electron chi connectivity index (χ2n) is 2.53. The maximum atomic E-state index is 4.26. The summed E-state index contributed by atoms with van der Waals surface area (Å²) in [6.45, 7) is 3.16. The van der Waals surface area contributed by atoms with Crippen molar-refractivity contribution in [1.29, 1.82) is 0 Å². The largest absolute Gasteiger partial charge is 0.375 e. The number of benzene rings is 1. The molecule has 2 heteroatoms. The molecule has 0 saturated carbocycles. The molecule has 0 bridgehead atoms. The Morgan fingerprint density at radius 1 is 1.45 bits per heavy atom. The highest BCUT2D eigenvalue weighted by Gasteiger charge is 1.95. The Morgan fingerprint density at radius 3 is 2.73 bits per heavy atom. The van der Waals surface area contributed by atoms with E-state index in [9.17, 15) is 0 Å².